The van der Waals surface area contributed by atoms with Gasteiger partial charge in [0.2, 0.25) is 0 Å². The molecule has 0 radical (unpaired) electrons. The van der Waals surface area contributed by atoms with Crippen LogP contribution >= 0.6 is 0 Å². The molecule has 2 aromatic rings. The van der Waals surface area contributed by atoms with Crippen LogP contribution in [0.2, 0.25) is 0 Å². The number of nitrogens with two attached hydrogens (primary N) is 1. The highest BCUT2D eigenvalue weighted by atomic mass is 16.6. The lowest BCUT2D eigenvalue weighted by molar-refractivity contribution is 0.00889. The number of hydrogen-bond acceptors (Lipinski definition) is 4. The van der Waals surface area contributed by atoms with E-state index in [2.05, 4.69) is 0 Å². The average molecular weight is 355 g/mol. The Morgan fingerprint density at radius 2 is 1.96 bits per heavy atom. The first-order chi connectivity index (χ1) is 12.3. The van der Waals surface area contributed by atoms with E-state index in [1.54, 1.807) is 11.0 Å². The number of nitrogens with zero attached hydrogens (tertiary/aromatic N) is 2. The fraction of sp³-hybridized carbons (Fsp3) is 0.450. The van der Waals surface area contributed by atoms with Crippen LogP contribution in [-0.2, 0) is 4.74 Å². The monoisotopic (exact) mass is 355 g/mol. The number of primary amides is 1. The Hall–Kier alpha value is -2.63. The van der Waals surface area contributed by atoms with Crippen LogP contribution in [0.1, 0.15) is 62.1 Å². The summed E-state index contributed by atoms with van der Waals surface area (Å²) >= 11 is 0. The predicted octanol–water partition coefficient (Wildman–Crippen LogP) is 3.80. The Balaban J connectivity index is 2.05. The SMILES string of the molecule is CC(C)(C)OC(=O)N1CCCCC1c1nc2ccccc2cc1C(N)=O. The summed E-state index contributed by atoms with van der Waals surface area (Å²) in [5, 5.41) is 0.852. The summed E-state index contributed by atoms with van der Waals surface area (Å²) in [5.41, 5.74) is 6.74. The molecule has 2 heterocycles. The molecule has 0 aliphatic carbocycles. The van der Waals surface area contributed by atoms with E-state index in [1.165, 1.54) is 0 Å². The predicted molar refractivity (Wildman–Crippen MR) is 99.8 cm³/mol. The van der Waals surface area contributed by atoms with Gasteiger partial charge >= 0.3 is 6.09 Å². The molecule has 1 atom stereocenters. The highest BCUT2D eigenvalue weighted by Gasteiger charge is 2.34. The van der Waals surface area contributed by atoms with Gasteiger partial charge in [-0.2, -0.15) is 0 Å². The Bertz CT molecular complexity index is 842. The lowest BCUT2D eigenvalue weighted by Crippen LogP contribution is -2.42. The van der Waals surface area contributed by atoms with Crippen molar-refractivity contribution < 1.29 is 14.3 Å². The van der Waals surface area contributed by atoms with Crippen molar-refractivity contribution in [2.24, 2.45) is 5.73 Å². The van der Waals surface area contributed by atoms with E-state index in [0.29, 0.717) is 17.8 Å². The van der Waals surface area contributed by atoms with Gasteiger partial charge in [0, 0.05) is 11.9 Å². The second-order valence-electron chi connectivity index (χ2n) is 7.66. The van der Waals surface area contributed by atoms with Crippen LogP contribution in [0.5, 0.6) is 0 Å². The second kappa shape index (κ2) is 6.94. The first-order valence-corrected chi connectivity index (χ1v) is 8.95. The molecule has 6 nitrogen and oxygen atoms in total. The Morgan fingerprint density at radius 1 is 1.23 bits per heavy atom. The minimum absolute atomic E-state index is 0.314. The highest BCUT2D eigenvalue weighted by Crippen LogP contribution is 2.34. The minimum Gasteiger partial charge on any atom is -0.444 e. The quantitative estimate of drug-likeness (QED) is 0.888. The zero-order chi connectivity index (χ0) is 18.9. The fourth-order valence-corrected chi connectivity index (χ4v) is 3.34. The van der Waals surface area contributed by atoms with Crippen molar-refractivity contribution in [3.63, 3.8) is 0 Å². The van der Waals surface area contributed by atoms with Crippen LogP contribution in [0.25, 0.3) is 10.9 Å². The molecular formula is C20H25N3O3. The van der Waals surface area contributed by atoms with E-state index in [-0.39, 0.29) is 12.1 Å². The van der Waals surface area contributed by atoms with Crippen molar-refractivity contribution >= 4 is 22.9 Å². The molecule has 2 N–H and O–H groups in total. The van der Waals surface area contributed by atoms with Crippen molar-refractivity contribution in [3.8, 4) is 0 Å². The molecule has 1 aliphatic rings. The second-order valence-corrected chi connectivity index (χ2v) is 7.66. The van der Waals surface area contributed by atoms with Gasteiger partial charge in [0.25, 0.3) is 5.91 Å². The van der Waals surface area contributed by atoms with Gasteiger partial charge < -0.3 is 10.5 Å². The Kier molecular flexibility index (Phi) is 4.85. The number of aromatic nitrogens is 1. The van der Waals surface area contributed by atoms with Crippen LogP contribution in [0.3, 0.4) is 0 Å². The van der Waals surface area contributed by atoms with Gasteiger partial charge in [0.1, 0.15) is 5.60 Å². The molecule has 1 saturated heterocycles. The molecule has 0 bridgehead atoms. The molecule has 0 saturated carbocycles. The zero-order valence-corrected chi connectivity index (χ0v) is 15.5. The van der Waals surface area contributed by atoms with Crippen molar-refractivity contribution in [1.29, 1.82) is 0 Å². The number of likely N-dealkylation sites (tertiary alicyclic amines) is 1. The van der Waals surface area contributed by atoms with Crippen LogP contribution in [0.15, 0.2) is 30.3 Å². The number of fused-ring (bicyclic) bond motifs is 1. The standard InChI is InChI=1S/C20H25N3O3/c1-20(2,3)26-19(25)23-11-7-6-10-16(23)17-14(18(21)24)12-13-8-4-5-9-15(13)22-17/h4-5,8-9,12,16H,6-7,10-11H2,1-3H3,(H2,21,24). The Labute approximate surface area is 153 Å². The molecular weight excluding hydrogens is 330 g/mol. The van der Waals surface area contributed by atoms with Gasteiger partial charge in [-0.1, -0.05) is 18.2 Å². The molecule has 138 valence electrons. The van der Waals surface area contributed by atoms with E-state index >= 15 is 0 Å². The minimum atomic E-state index is -0.581. The molecule has 3 rings (SSSR count). The number of piperidine rings is 1. The van der Waals surface area contributed by atoms with Crippen LogP contribution in [0, 0.1) is 0 Å². The number of benzene rings is 1. The van der Waals surface area contributed by atoms with Gasteiger partial charge in [-0.25, -0.2) is 9.78 Å². The van der Waals surface area contributed by atoms with Gasteiger partial charge in [0.05, 0.1) is 22.8 Å². The van der Waals surface area contributed by atoms with Gasteiger partial charge in [-0.05, 0) is 52.2 Å². The number of carbonyl (C=O) groups is 2. The van der Waals surface area contributed by atoms with Crippen molar-refractivity contribution in [1.82, 2.24) is 9.88 Å². The van der Waals surface area contributed by atoms with E-state index in [1.807, 2.05) is 45.0 Å². The van der Waals surface area contributed by atoms with Crippen LogP contribution < -0.4 is 5.73 Å². The Morgan fingerprint density at radius 3 is 2.65 bits per heavy atom. The topological polar surface area (TPSA) is 85.5 Å². The molecule has 6 heteroatoms. The summed E-state index contributed by atoms with van der Waals surface area (Å²) in [5.74, 6) is -0.534. The molecule has 0 spiro atoms. The summed E-state index contributed by atoms with van der Waals surface area (Å²) in [4.78, 5) is 31.1. The number of rotatable bonds is 2. The number of carbonyl (C=O) groups excluding carboxylic acids is 2. The maximum absolute atomic E-state index is 12.7. The molecule has 26 heavy (non-hydrogen) atoms. The zero-order valence-electron chi connectivity index (χ0n) is 15.5. The van der Waals surface area contributed by atoms with E-state index in [4.69, 9.17) is 15.5 Å². The lowest BCUT2D eigenvalue weighted by Gasteiger charge is -2.37. The van der Waals surface area contributed by atoms with Gasteiger partial charge in [0.15, 0.2) is 0 Å². The maximum Gasteiger partial charge on any atom is 0.410 e. The summed E-state index contributed by atoms with van der Waals surface area (Å²) in [6.45, 7) is 6.10. The summed E-state index contributed by atoms with van der Waals surface area (Å²) in [6.07, 6.45) is 2.20. The summed E-state index contributed by atoms with van der Waals surface area (Å²) in [7, 11) is 0. The normalized spacial score (nSPS) is 18.0. The summed E-state index contributed by atoms with van der Waals surface area (Å²) in [6, 6.07) is 9.03. The molecule has 1 fully saturated rings. The first kappa shape index (κ1) is 18.2. The lowest BCUT2D eigenvalue weighted by atomic mass is 9.95. The third-order valence-electron chi connectivity index (χ3n) is 4.47. The third kappa shape index (κ3) is 3.79. The van der Waals surface area contributed by atoms with Gasteiger partial charge in [-0.15, -0.1) is 0 Å². The van der Waals surface area contributed by atoms with Crippen molar-refractivity contribution in [3.05, 3.63) is 41.6 Å². The van der Waals surface area contributed by atoms with E-state index < -0.39 is 11.5 Å². The maximum atomic E-state index is 12.7. The molecule has 1 aromatic carbocycles. The third-order valence-corrected chi connectivity index (χ3v) is 4.47. The molecule has 1 aliphatic heterocycles. The largest absolute Gasteiger partial charge is 0.444 e. The number of hydrogen-bond donors (Lipinski definition) is 1. The number of ether oxygens (including phenoxy) is 1. The summed E-state index contributed by atoms with van der Waals surface area (Å²) < 4.78 is 5.56. The van der Waals surface area contributed by atoms with Crippen molar-refractivity contribution in [2.45, 2.75) is 51.7 Å². The fourth-order valence-electron chi connectivity index (χ4n) is 3.34. The number of pyridine rings is 1. The van der Waals surface area contributed by atoms with E-state index in [0.717, 1.165) is 30.2 Å². The van der Waals surface area contributed by atoms with Crippen LogP contribution in [-0.4, -0.2) is 34.0 Å². The molecule has 1 aromatic heterocycles. The smallest absolute Gasteiger partial charge is 0.410 e. The highest BCUT2D eigenvalue weighted by molar-refractivity contribution is 5.98. The first-order valence-electron chi connectivity index (χ1n) is 8.95. The van der Waals surface area contributed by atoms with Crippen molar-refractivity contribution in [2.75, 3.05) is 6.54 Å². The number of amides is 2. The van der Waals surface area contributed by atoms with E-state index in [9.17, 15) is 9.59 Å². The van der Waals surface area contributed by atoms with Crippen LogP contribution in [0.4, 0.5) is 4.79 Å². The molecule has 1 unspecified atom stereocenters. The number of para-hydroxylation sites is 1. The van der Waals surface area contributed by atoms with Gasteiger partial charge in [-0.3, -0.25) is 9.69 Å². The average Bonchev–Trinajstić information content (AvgIpc) is 2.59. The molecule has 2 amide bonds.